The Labute approximate surface area is 207 Å². The van der Waals surface area contributed by atoms with Crippen LogP contribution in [0, 0.1) is 0 Å². The first-order valence-corrected chi connectivity index (χ1v) is 12.8. The van der Waals surface area contributed by atoms with Crippen molar-refractivity contribution in [3.8, 4) is 11.3 Å². The van der Waals surface area contributed by atoms with Crippen LogP contribution in [0.1, 0.15) is 34.6 Å². The Morgan fingerprint density at radius 3 is 2.89 bits per heavy atom. The lowest BCUT2D eigenvalue weighted by Crippen LogP contribution is -2.43. The molecule has 0 radical (unpaired) electrons. The van der Waals surface area contributed by atoms with Crippen molar-refractivity contribution in [1.29, 1.82) is 0 Å². The molecule has 1 fully saturated rings. The van der Waals surface area contributed by atoms with E-state index in [0.717, 1.165) is 78.7 Å². The number of H-pyrrole nitrogens is 1. The Balaban J connectivity index is 1.22. The fraction of sp³-hybridized carbons (Fsp3) is 0.269. The van der Waals surface area contributed by atoms with E-state index in [1.54, 1.807) is 17.5 Å². The van der Waals surface area contributed by atoms with Crippen molar-refractivity contribution in [2.24, 2.45) is 0 Å². The second kappa shape index (κ2) is 9.61. The van der Waals surface area contributed by atoms with E-state index in [4.69, 9.17) is 4.98 Å². The van der Waals surface area contributed by atoms with Gasteiger partial charge in [-0.3, -0.25) is 19.2 Å². The Bertz CT molecular complexity index is 1410. The van der Waals surface area contributed by atoms with Gasteiger partial charge in [-0.15, -0.1) is 11.3 Å². The van der Waals surface area contributed by atoms with Gasteiger partial charge in [-0.2, -0.15) is 5.10 Å². The molecule has 3 N–H and O–H groups in total. The van der Waals surface area contributed by atoms with E-state index in [1.165, 1.54) is 5.69 Å². The van der Waals surface area contributed by atoms with E-state index in [1.807, 2.05) is 30.3 Å². The van der Waals surface area contributed by atoms with Crippen LogP contribution >= 0.6 is 11.3 Å². The Kier molecular flexibility index (Phi) is 6.03. The van der Waals surface area contributed by atoms with Crippen molar-refractivity contribution >= 4 is 27.8 Å². The topological polar surface area (TPSA) is 90.3 Å². The fourth-order valence-electron chi connectivity index (χ4n) is 4.65. The summed E-state index contributed by atoms with van der Waals surface area (Å²) in [6.45, 7) is 5.11. The van der Waals surface area contributed by atoms with Crippen LogP contribution < -0.4 is 10.6 Å². The SMILES string of the molecule is O=C(NC1=CCCC=C1c1cn2c(CN3CCNCC3)csc2n1)c1cccc(-c2ccn[nH]2)c1. The summed E-state index contributed by atoms with van der Waals surface area (Å²) in [4.78, 5) is 21.5. The van der Waals surface area contributed by atoms with Crippen LogP contribution in [0.2, 0.25) is 0 Å². The molecule has 6 rings (SSSR count). The summed E-state index contributed by atoms with van der Waals surface area (Å²) in [6.07, 6.45) is 9.92. The largest absolute Gasteiger partial charge is 0.322 e. The van der Waals surface area contributed by atoms with Gasteiger partial charge in [0.1, 0.15) is 0 Å². The van der Waals surface area contributed by atoms with Gasteiger partial charge in [0, 0.05) is 78.6 Å². The zero-order valence-corrected chi connectivity index (χ0v) is 20.1. The van der Waals surface area contributed by atoms with Crippen LogP contribution in [0.15, 0.2) is 66.0 Å². The maximum atomic E-state index is 13.2. The standard InChI is InChI=1S/C26H27N7OS/c34-25(19-5-3-4-18(14-19)22-8-9-28-31-22)29-23-7-2-1-6-21(23)24-16-33-20(17-35-26(33)30-24)15-32-12-10-27-11-13-32/h3-9,14,16-17,27H,1-2,10-13,15H2,(H,28,31)(H,29,34). The number of amides is 1. The second-order valence-electron chi connectivity index (χ2n) is 8.85. The van der Waals surface area contributed by atoms with Gasteiger partial charge < -0.3 is 10.6 Å². The van der Waals surface area contributed by atoms with Crippen LogP contribution in [-0.2, 0) is 6.54 Å². The lowest BCUT2D eigenvalue weighted by atomic mass is 10.0. The average molecular weight is 486 g/mol. The molecule has 178 valence electrons. The van der Waals surface area contributed by atoms with Crippen molar-refractivity contribution in [2.75, 3.05) is 26.2 Å². The number of hydrogen-bond donors (Lipinski definition) is 3. The minimum atomic E-state index is -0.133. The molecular formula is C26H27N7OS. The molecule has 0 atom stereocenters. The maximum absolute atomic E-state index is 13.2. The molecule has 4 aromatic rings. The zero-order valence-electron chi connectivity index (χ0n) is 19.3. The first-order valence-electron chi connectivity index (χ1n) is 12.0. The highest BCUT2D eigenvalue weighted by Gasteiger charge is 2.20. The molecule has 2 aliphatic rings. The molecule has 1 aromatic carbocycles. The molecule has 1 saturated heterocycles. The van der Waals surface area contributed by atoms with Crippen LogP contribution in [0.5, 0.6) is 0 Å². The highest BCUT2D eigenvalue weighted by Crippen LogP contribution is 2.29. The van der Waals surface area contributed by atoms with Gasteiger partial charge in [0.05, 0.1) is 11.4 Å². The lowest BCUT2D eigenvalue weighted by molar-refractivity contribution is 0.0967. The third-order valence-corrected chi connectivity index (χ3v) is 7.38. The number of allylic oxidation sites excluding steroid dienone is 3. The quantitative estimate of drug-likeness (QED) is 0.388. The molecule has 0 bridgehead atoms. The van der Waals surface area contributed by atoms with Gasteiger partial charge in [0.25, 0.3) is 5.91 Å². The molecule has 1 aliphatic heterocycles. The van der Waals surface area contributed by atoms with Gasteiger partial charge >= 0.3 is 0 Å². The molecule has 8 nitrogen and oxygen atoms in total. The van der Waals surface area contributed by atoms with Gasteiger partial charge in [-0.05, 0) is 31.0 Å². The highest BCUT2D eigenvalue weighted by molar-refractivity contribution is 7.15. The van der Waals surface area contributed by atoms with Crippen LogP contribution in [0.4, 0.5) is 0 Å². The number of carbonyl (C=O) groups excluding carboxylic acids is 1. The maximum Gasteiger partial charge on any atom is 0.255 e. The molecule has 9 heteroatoms. The molecule has 1 amide bonds. The number of carbonyl (C=O) groups is 1. The van der Waals surface area contributed by atoms with Crippen molar-refractivity contribution in [3.63, 3.8) is 0 Å². The molecule has 35 heavy (non-hydrogen) atoms. The molecular weight excluding hydrogens is 458 g/mol. The zero-order chi connectivity index (χ0) is 23.6. The predicted octanol–water partition coefficient (Wildman–Crippen LogP) is 3.68. The van der Waals surface area contributed by atoms with Gasteiger partial charge in [0.2, 0.25) is 0 Å². The lowest BCUT2D eigenvalue weighted by Gasteiger charge is -2.26. The summed E-state index contributed by atoms with van der Waals surface area (Å²) in [5, 5.41) is 15.7. The third kappa shape index (κ3) is 4.58. The minimum absolute atomic E-state index is 0.133. The number of benzene rings is 1. The Morgan fingerprint density at radius 1 is 1.14 bits per heavy atom. The molecule has 3 aromatic heterocycles. The summed E-state index contributed by atoms with van der Waals surface area (Å²) in [5.74, 6) is -0.133. The van der Waals surface area contributed by atoms with Crippen LogP contribution in [0.3, 0.4) is 0 Å². The van der Waals surface area contributed by atoms with Crippen molar-refractivity contribution in [2.45, 2.75) is 19.4 Å². The average Bonchev–Trinajstić information content (AvgIpc) is 3.65. The Morgan fingerprint density at radius 2 is 2.03 bits per heavy atom. The fourth-order valence-corrected chi connectivity index (χ4v) is 5.51. The number of imidazole rings is 1. The van der Waals surface area contributed by atoms with E-state index >= 15 is 0 Å². The normalized spacial score (nSPS) is 16.8. The number of hydrogen-bond acceptors (Lipinski definition) is 6. The van der Waals surface area contributed by atoms with Crippen LogP contribution in [-0.4, -0.2) is 56.6 Å². The number of rotatable bonds is 6. The Hall–Kier alpha value is -3.53. The van der Waals surface area contributed by atoms with E-state index < -0.39 is 0 Å². The van der Waals surface area contributed by atoms with Crippen molar-refractivity contribution in [3.05, 3.63) is 82.9 Å². The molecule has 0 spiro atoms. The second-order valence-corrected chi connectivity index (χ2v) is 9.69. The summed E-state index contributed by atoms with van der Waals surface area (Å²) in [7, 11) is 0. The first kappa shape index (κ1) is 22.0. The van der Waals surface area contributed by atoms with Gasteiger partial charge in [-0.1, -0.05) is 24.3 Å². The molecule has 0 unspecified atom stereocenters. The number of nitrogens with one attached hydrogen (secondary N) is 3. The van der Waals surface area contributed by atoms with Crippen molar-refractivity contribution < 1.29 is 4.79 Å². The minimum Gasteiger partial charge on any atom is -0.322 e. The van der Waals surface area contributed by atoms with Gasteiger partial charge in [0.15, 0.2) is 4.96 Å². The number of piperazine rings is 1. The van der Waals surface area contributed by atoms with Crippen molar-refractivity contribution in [1.82, 2.24) is 35.1 Å². The molecule has 4 heterocycles. The predicted molar refractivity (Wildman–Crippen MR) is 138 cm³/mol. The number of aromatic nitrogens is 4. The number of aromatic amines is 1. The summed E-state index contributed by atoms with van der Waals surface area (Å²) in [6, 6.07) is 9.45. The molecule has 1 aliphatic carbocycles. The highest BCUT2D eigenvalue weighted by atomic mass is 32.1. The van der Waals surface area contributed by atoms with Crippen LogP contribution in [0.25, 0.3) is 21.8 Å². The van der Waals surface area contributed by atoms with E-state index in [-0.39, 0.29) is 5.91 Å². The smallest absolute Gasteiger partial charge is 0.255 e. The van der Waals surface area contributed by atoms with Gasteiger partial charge in [-0.25, -0.2) is 4.98 Å². The first-order chi connectivity index (χ1) is 17.2. The van der Waals surface area contributed by atoms with E-state index in [2.05, 4.69) is 53.9 Å². The number of thiazole rings is 1. The summed E-state index contributed by atoms with van der Waals surface area (Å²) < 4.78 is 2.20. The number of nitrogens with zero attached hydrogens (tertiary/aromatic N) is 4. The number of fused-ring (bicyclic) bond motifs is 1. The summed E-state index contributed by atoms with van der Waals surface area (Å²) >= 11 is 1.67. The molecule has 0 saturated carbocycles. The summed E-state index contributed by atoms with van der Waals surface area (Å²) in [5.41, 5.74) is 6.37. The van der Waals surface area contributed by atoms with E-state index in [9.17, 15) is 4.79 Å². The van der Waals surface area contributed by atoms with E-state index in [0.29, 0.717) is 5.56 Å². The monoisotopic (exact) mass is 485 g/mol. The third-order valence-electron chi connectivity index (χ3n) is 6.49.